The maximum absolute atomic E-state index is 14.4. The van der Waals surface area contributed by atoms with Gasteiger partial charge in [0.05, 0.1) is 26.1 Å². The Morgan fingerprint density at radius 1 is 0.721 bits per heavy atom. The summed E-state index contributed by atoms with van der Waals surface area (Å²) in [5.41, 5.74) is 20.8. The summed E-state index contributed by atoms with van der Waals surface area (Å²) < 4.78 is 5.70. The molecule has 0 aliphatic rings. The first kappa shape index (κ1) is 56.6. The summed E-state index contributed by atoms with van der Waals surface area (Å²) in [5, 5.41) is 37.1. The Morgan fingerprint density at radius 2 is 1.40 bits per heavy atom. The zero-order valence-electron chi connectivity index (χ0n) is 40.0. The molecule has 0 spiro atoms. The van der Waals surface area contributed by atoms with Crippen LogP contribution in [0.15, 0.2) is 63.7 Å². The van der Waals surface area contributed by atoms with E-state index in [-0.39, 0.29) is 63.9 Å². The maximum atomic E-state index is 14.4. The molecule has 22 heteroatoms. The number of unbranched alkanes of at least 4 members (excludes halogenated alkanes) is 2. The fourth-order valence-electron chi connectivity index (χ4n) is 6.71. The summed E-state index contributed by atoms with van der Waals surface area (Å²) in [6, 6.07) is 14.0. The summed E-state index contributed by atoms with van der Waals surface area (Å²) in [6.07, 6.45) is 4.04. The van der Waals surface area contributed by atoms with E-state index in [1.54, 1.807) is 41.0 Å². The molecule has 1 heterocycles. The number of carbonyl (C=O) groups is 4. The number of urea groups is 1. The summed E-state index contributed by atoms with van der Waals surface area (Å²) in [4.78, 5) is 64.8. The second-order valence-corrected chi connectivity index (χ2v) is 17.6. The van der Waals surface area contributed by atoms with Gasteiger partial charge in [0.2, 0.25) is 17.6 Å². The molecule has 372 valence electrons. The molecule has 3 rings (SSSR count). The number of nitrogens with two attached hydrogens (primary N) is 3. The smallest absolute Gasteiger partial charge is 0.323 e. The molecule has 21 nitrogen and oxygen atoms in total. The van der Waals surface area contributed by atoms with E-state index in [4.69, 9.17) is 21.9 Å². The van der Waals surface area contributed by atoms with Crippen molar-refractivity contribution in [1.82, 2.24) is 45.3 Å². The maximum Gasteiger partial charge on any atom is 0.323 e. The van der Waals surface area contributed by atoms with Gasteiger partial charge in [-0.25, -0.2) is 9.79 Å². The molecular weight excluding hydrogens is 890 g/mol. The van der Waals surface area contributed by atoms with Gasteiger partial charge in [0.1, 0.15) is 6.54 Å². The van der Waals surface area contributed by atoms with Crippen molar-refractivity contribution in [2.45, 2.75) is 52.9 Å². The Hall–Kier alpha value is -5.70. The van der Waals surface area contributed by atoms with Crippen LogP contribution in [0.4, 0.5) is 4.79 Å². The lowest BCUT2D eigenvalue weighted by Crippen LogP contribution is -2.51. The van der Waals surface area contributed by atoms with E-state index in [0.717, 1.165) is 48.5 Å². The highest BCUT2D eigenvalue weighted by Gasteiger charge is 2.25. The number of aliphatic carboxylic acids is 1. The lowest BCUT2D eigenvalue weighted by molar-refractivity contribution is -0.137. The van der Waals surface area contributed by atoms with Gasteiger partial charge in [0.25, 0.3) is 0 Å². The van der Waals surface area contributed by atoms with Crippen LogP contribution < -0.4 is 22.5 Å². The number of carboxylic acids is 1. The standard InChI is InChI=1S/C46H72N15O6P/c1-35(2)52-55-44(50-4)39-12-10-38(11-13-39)33-42(63)59(21-19-51-41(62)32-37-8-14-40(15-9-37)45-56-53-36(3)54-57-45)24-25-60(46(66)61(34-43(64)65)20-7-5-6-16-47)23-22-58(26-29-67-28-17-48)27-31-68-30-18-49/h8-15,68H,4-7,16-34,47-49H2,1-3H3,(H,51,62)(H,64,65)/b55-44-. The summed E-state index contributed by atoms with van der Waals surface area (Å²) in [7, 11) is 0.686. The number of carboxylic acid groups (broad SMARTS) is 1. The monoisotopic (exact) mass is 962 g/mol. The van der Waals surface area contributed by atoms with Crippen LogP contribution >= 0.6 is 8.58 Å². The molecule has 0 fully saturated rings. The van der Waals surface area contributed by atoms with Crippen LogP contribution in [0.25, 0.3) is 11.4 Å². The second kappa shape index (κ2) is 32.9. The number of aliphatic imine (C=N–C) groups is 1. The minimum absolute atomic E-state index is 0.0247. The van der Waals surface area contributed by atoms with Crippen molar-refractivity contribution in [3.05, 3.63) is 71.0 Å². The highest BCUT2D eigenvalue weighted by Crippen LogP contribution is 2.15. The minimum Gasteiger partial charge on any atom is -0.480 e. The molecule has 2 aromatic carbocycles. The van der Waals surface area contributed by atoms with Crippen molar-refractivity contribution in [1.29, 1.82) is 0 Å². The average Bonchev–Trinajstić information content (AvgIpc) is 3.32. The van der Waals surface area contributed by atoms with Gasteiger partial charge >= 0.3 is 12.0 Å². The number of amides is 4. The summed E-state index contributed by atoms with van der Waals surface area (Å²) in [5.74, 6) is -0.435. The number of nitrogens with one attached hydrogen (secondary N) is 1. The first-order chi connectivity index (χ1) is 32.9. The van der Waals surface area contributed by atoms with Crippen molar-refractivity contribution in [2.24, 2.45) is 32.4 Å². The molecule has 0 aliphatic heterocycles. The topological polar surface area (TPSA) is 289 Å². The predicted molar refractivity (Wildman–Crippen MR) is 269 cm³/mol. The van der Waals surface area contributed by atoms with Crippen LogP contribution in [0.5, 0.6) is 0 Å². The van der Waals surface area contributed by atoms with E-state index in [1.807, 2.05) is 38.1 Å². The Morgan fingerprint density at radius 3 is 2.04 bits per heavy atom. The van der Waals surface area contributed by atoms with Gasteiger partial charge in [-0.15, -0.1) is 34.1 Å². The van der Waals surface area contributed by atoms with E-state index in [9.17, 15) is 24.3 Å². The van der Waals surface area contributed by atoms with Gasteiger partial charge in [-0.1, -0.05) is 55.0 Å². The Bertz CT molecular complexity index is 2030. The van der Waals surface area contributed by atoms with Crippen LogP contribution in [0.2, 0.25) is 0 Å². The number of rotatable bonds is 33. The number of hydrogen-bond acceptors (Lipinski definition) is 15. The fraction of sp³-hybridized carbons (Fsp3) is 0.543. The van der Waals surface area contributed by atoms with Gasteiger partial charge in [-0.2, -0.15) is 5.10 Å². The Balaban J connectivity index is 1.87. The molecule has 68 heavy (non-hydrogen) atoms. The van der Waals surface area contributed by atoms with Crippen LogP contribution in [-0.2, 0) is 32.0 Å². The number of ether oxygens (including phenoxy) is 1. The number of benzene rings is 2. The van der Waals surface area contributed by atoms with Gasteiger partial charge < -0.3 is 47.1 Å². The minimum atomic E-state index is -1.13. The molecule has 0 saturated heterocycles. The molecule has 4 amide bonds. The lowest BCUT2D eigenvalue weighted by Gasteiger charge is -2.34. The Labute approximate surface area is 402 Å². The number of aromatic nitrogens is 4. The van der Waals surface area contributed by atoms with E-state index in [0.29, 0.717) is 89.6 Å². The third-order valence-electron chi connectivity index (χ3n) is 10.3. The molecule has 1 atom stereocenters. The predicted octanol–water partition coefficient (Wildman–Crippen LogP) is 1.67. The molecule has 0 bridgehead atoms. The van der Waals surface area contributed by atoms with Gasteiger partial charge in [0, 0.05) is 82.3 Å². The normalized spacial score (nSPS) is 11.5. The number of nitrogens with zero attached hydrogens (tertiary/aromatic N) is 11. The molecule has 0 saturated carbocycles. The zero-order chi connectivity index (χ0) is 49.5. The quantitative estimate of drug-likeness (QED) is 0.0191. The van der Waals surface area contributed by atoms with E-state index in [1.165, 1.54) is 4.90 Å². The first-order valence-electron chi connectivity index (χ1n) is 23.1. The van der Waals surface area contributed by atoms with Crippen LogP contribution in [0, 0.1) is 6.92 Å². The average molecular weight is 962 g/mol. The third kappa shape index (κ3) is 22.4. The number of amidine groups is 1. The molecular formula is C46H72N15O6P. The van der Waals surface area contributed by atoms with Crippen molar-refractivity contribution < 1.29 is 29.0 Å². The largest absolute Gasteiger partial charge is 0.480 e. The van der Waals surface area contributed by atoms with E-state index >= 15 is 0 Å². The molecule has 8 N–H and O–H groups in total. The van der Waals surface area contributed by atoms with Crippen molar-refractivity contribution >= 4 is 50.7 Å². The molecule has 1 aromatic heterocycles. The molecule has 3 aromatic rings. The van der Waals surface area contributed by atoms with Gasteiger partial charge in [-0.05, 0) is 76.9 Å². The van der Waals surface area contributed by atoms with Gasteiger partial charge in [-0.3, -0.25) is 19.3 Å². The third-order valence-corrected chi connectivity index (χ3v) is 11.6. The summed E-state index contributed by atoms with van der Waals surface area (Å²) in [6.45, 7) is 13.7. The Kier molecular flexibility index (Phi) is 27.4. The van der Waals surface area contributed by atoms with Crippen molar-refractivity contribution in [3.8, 4) is 11.4 Å². The zero-order valence-corrected chi connectivity index (χ0v) is 41.0. The van der Waals surface area contributed by atoms with E-state index in [2.05, 4.69) is 52.5 Å². The SMILES string of the molecule is C=N/C(=N\N=C(C)C)c1ccc(CC(=O)N(CCNC(=O)Cc2ccc(-c3nnc(C)nn3)cc2)CCN(CCN(CCOCCN)CCPCCN)C(=O)N(CCCCCN)CC(=O)O)cc1. The van der Waals surface area contributed by atoms with Crippen LogP contribution in [0.1, 0.15) is 55.6 Å². The summed E-state index contributed by atoms with van der Waals surface area (Å²) >= 11 is 0. The van der Waals surface area contributed by atoms with Crippen molar-refractivity contribution in [2.75, 3.05) is 111 Å². The van der Waals surface area contributed by atoms with Crippen LogP contribution in [-0.4, -0.2) is 198 Å². The molecule has 0 aliphatic carbocycles. The second-order valence-electron chi connectivity index (χ2n) is 16.1. The highest BCUT2D eigenvalue weighted by atomic mass is 31.1. The fourth-order valence-corrected chi connectivity index (χ4v) is 7.64. The number of aryl methyl sites for hydroxylation is 1. The van der Waals surface area contributed by atoms with E-state index < -0.39 is 18.5 Å². The molecule has 1 unspecified atom stereocenters. The van der Waals surface area contributed by atoms with Crippen LogP contribution in [0.3, 0.4) is 0 Å². The number of hydrogen-bond donors (Lipinski definition) is 5. The number of carbonyl (C=O) groups excluding carboxylic acids is 3. The molecule has 0 radical (unpaired) electrons. The van der Waals surface area contributed by atoms with Crippen molar-refractivity contribution in [3.63, 3.8) is 0 Å². The highest BCUT2D eigenvalue weighted by molar-refractivity contribution is 7.38. The van der Waals surface area contributed by atoms with Gasteiger partial charge in [0.15, 0.2) is 11.7 Å². The lowest BCUT2D eigenvalue weighted by atomic mass is 10.1. The first-order valence-corrected chi connectivity index (χ1v) is 24.5.